The van der Waals surface area contributed by atoms with Gasteiger partial charge in [0.15, 0.2) is 0 Å². The van der Waals surface area contributed by atoms with E-state index in [1.165, 1.54) is 12.8 Å². The summed E-state index contributed by atoms with van der Waals surface area (Å²) in [7, 11) is 0. The first-order valence-electron chi connectivity index (χ1n) is 4.06. The first kappa shape index (κ1) is 7.99. The number of halogens is 1. The van der Waals surface area contributed by atoms with Gasteiger partial charge in [-0.15, -0.1) is 0 Å². The van der Waals surface area contributed by atoms with E-state index >= 15 is 0 Å². The van der Waals surface area contributed by atoms with E-state index in [0.29, 0.717) is 12.0 Å². The van der Waals surface area contributed by atoms with Crippen molar-refractivity contribution >= 4 is 0 Å². The SMILES string of the molecule is CC(C)C(CF)NC1CC1. The highest BCUT2D eigenvalue weighted by atomic mass is 19.1. The third-order valence-corrected chi connectivity index (χ3v) is 2.00. The fourth-order valence-electron chi connectivity index (χ4n) is 0.968. The van der Waals surface area contributed by atoms with Gasteiger partial charge >= 0.3 is 0 Å². The van der Waals surface area contributed by atoms with Crippen molar-refractivity contribution in [2.45, 2.75) is 38.8 Å². The van der Waals surface area contributed by atoms with Crippen molar-refractivity contribution in [2.24, 2.45) is 5.92 Å². The van der Waals surface area contributed by atoms with Crippen LogP contribution in [0.25, 0.3) is 0 Å². The highest BCUT2D eigenvalue weighted by Gasteiger charge is 2.25. The molecule has 1 unspecified atom stereocenters. The lowest BCUT2D eigenvalue weighted by atomic mass is 10.1. The molecule has 1 atom stereocenters. The lowest BCUT2D eigenvalue weighted by Gasteiger charge is -2.18. The highest BCUT2D eigenvalue weighted by molar-refractivity contribution is 4.85. The average molecular weight is 145 g/mol. The van der Waals surface area contributed by atoms with Crippen LogP contribution in [0.1, 0.15) is 26.7 Å². The van der Waals surface area contributed by atoms with E-state index in [1.54, 1.807) is 0 Å². The summed E-state index contributed by atoms with van der Waals surface area (Å²) in [5.74, 6) is 0.422. The Balaban J connectivity index is 2.17. The Labute approximate surface area is 62.0 Å². The fraction of sp³-hybridized carbons (Fsp3) is 1.00. The molecule has 1 aliphatic rings. The normalized spacial score (nSPS) is 21.6. The summed E-state index contributed by atoms with van der Waals surface area (Å²) in [4.78, 5) is 0. The molecule has 0 saturated heterocycles. The first-order chi connectivity index (χ1) is 4.74. The van der Waals surface area contributed by atoms with Crippen molar-refractivity contribution in [2.75, 3.05) is 6.67 Å². The average Bonchev–Trinajstić information content (AvgIpc) is 2.64. The van der Waals surface area contributed by atoms with Gasteiger partial charge < -0.3 is 5.32 Å². The summed E-state index contributed by atoms with van der Waals surface area (Å²) in [6.07, 6.45) is 2.48. The second-order valence-corrected chi connectivity index (χ2v) is 3.45. The van der Waals surface area contributed by atoms with Crippen LogP contribution in [0.2, 0.25) is 0 Å². The second-order valence-electron chi connectivity index (χ2n) is 3.45. The molecule has 1 fully saturated rings. The molecule has 1 nitrogen and oxygen atoms in total. The van der Waals surface area contributed by atoms with Crippen LogP contribution in [0.5, 0.6) is 0 Å². The standard InChI is InChI=1S/C8H16FN/c1-6(2)8(5-9)10-7-3-4-7/h6-8,10H,3-5H2,1-2H3. The zero-order chi connectivity index (χ0) is 7.56. The smallest absolute Gasteiger partial charge is 0.105 e. The molecule has 0 aliphatic heterocycles. The molecule has 60 valence electrons. The van der Waals surface area contributed by atoms with Crippen LogP contribution in [0, 0.1) is 5.92 Å². The van der Waals surface area contributed by atoms with Gasteiger partial charge in [0.1, 0.15) is 6.67 Å². The molecule has 0 spiro atoms. The molecular weight excluding hydrogens is 129 g/mol. The summed E-state index contributed by atoms with van der Waals surface area (Å²) in [5, 5.41) is 3.27. The molecule has 0 heterocycles. The maximum absolute atomic E-state index is 12.2. The predicted octanol–water partition coefficient (Wildman–Crippen LogP) is 1.73. The Morgan fingerprint density at radius 3 is 2.40 bits per heavy atom. The van der Waals surface area contributed by atoms with Crippen molar-refractivity contribution < 1.29 is 4.39 Å². The lowest BCUT2D eigenvalue weighted by Crippen LogP contribution is -2.37. The van der Waals surface area contributed by atoms with Crippen LogP contribution < -0.4 is 5.32 Å². The van der Waals surface area contributed by atoms with E-state index in [4.69, 9.17) is 0 Å². The van der Waals surface area contributed by atoms with Gasteiger partial charge in [0.05, 0.1) is 0 Å². The Morgan fingerprint density at radius 2 is 2.10 bits per heavy atom. The van der Waals surface area contributed by atoms with Gasteiger partial charge in [-0.3, -0.25) is 0 Å². The molecule has 0 bridgehead atoms. The van der Waals surface area contributed by atoms with E-state index in [2.05, 4.69) is 19.2 Å². The van der Waals surface area contributed by atoms with E-state index in [1.807, 2.05) is 0 Å². The van der Waals surface area contributed by atoms with E-state index < -0.39 is 0 Å². The van der Waals surface area contributed by atoms with Crippen LogP contribution in [0.4, 0.5) is 4.39 Å². The Bertz CT molecular complexity index is 99.4. The largest absolute Gasteiger partial charge is 0.308 e. The molecule has 10 heavy (non-hydrogen) atoms. The molecule has 0 aromatic carbocycles. The number of rotatable bonds is 4. The molecule has 1 N–H and O–H groups in total. The van der Waals surface area contributed by atoms with Gasteiger partial charge in [-0.05, 0) is 18.8 Å². The number of alkyl halides is 1. The van der Waals surface area contributed by atoms with Gasteiger partial charge in [0.25, 0.3) is 0 Å². The zero-order valence-corrected chi connectivity index (χ0v) is 6.73. The van der Waals surface area contributed by atoms with Crippen LogP contribution in [0.15, 0.2) is 0 Å². The van der Waals surface area contributed by atoms with Crippen molar-refractivity contribution in [1.82, 2.24) is 5.32 Å². The van der Waals surface area contributed by atoms with Crippen molar-refractivity contribution in [3.63, 3.8) is 0 Å². The minimum Gasteiger partial charge on any atom is -0.308 e. The molecule has 1 aliphatic carbocycles. The molecule has 0 aromatic heterocycles. The molecule has 2 heteroatoms. The maximum Gasteiger partial charge on any atom is 0.105 e. The molecule has 1 rings (SSSR count). The number of hydrogen-bond acceptors (Lipinski definition) is 1. The summed E-state index contributed by atoms with van der Waals surface area (Å²) >= 11 is 0. The monoisotopic (exact) mass is 145 g/mol. The van der Waals surface area contributed by atoms with Gasteiger partial charge in [-0.25, -0.2) is 4.39 Å². The third kappa shape index (κ3) is 2.25. The van der Waals surface area contributed by atoms with Crippen LogP contribution in [-0.4, -0.2) is 18.8 Å². The molecule has 0 aromatic rings. The predicted molar refractivity (Wildman–Crippen MR) is 40.8 cm³/mol. The minimum atomic E-state index is -0.228. The Morgan fingerprint density at radius 1 is 1.50 bits per heavy atom. The maximum atomic E-state index is 12.2. The molecular formula is C8H16FN. The van der Waals surface area contributed by atoms with Gasteiger partial charge in [-0.2, -0.15) is 0 Å². The Kier molecular flexibility index (Phi) is 2.66. The second kappa shape index (κ2) is 3.33. The third-order valence-electron chi connectivity index (χ3n) is 2.00. The van der Waals surface area contributed by atoms with Crippen LogP contribution in [-0.2, 0) is 0 Å². The molecule has 0 amide bonds. The molecule has 0 radical (unpaired) electrons. The minimum absolute atomic E-state index is 0.0903. The quantitative estimate of drug-likeness (QED) is 0.635. The summed E-state index contributed by atoms with van der Waals surface area (Å²) in [6.45, 7) is 3.88. The number of hydrogen-bond donors (Lipinski definition) is 1. The summed E-state index contributed by atoms with van der Waals surface area (Å²) in [6, 6.07) is 0.718. The first-order valence-corrected chi connectivity index (χ1v) is 4.06. The van der Waals surface area contributed by atoms with Crippen molar-refractivity contribution in [1.29, 1.82) is 0 Å². The highest BCUT2D eigenvalue weighted by Crippen LogP contribution is 2.20. The fourth-order valence-corrected chi connectivity index (χ4v) is 0.968. The molecule has 1 saturated carbocycles. The number of nitrogens with one attached hydrogen (secondary N) is 1. The topological polar surface area (TPSA) is 12.0 Å². The van der Waals surface area contributed by atoms with Gasteiger partial charge in [0, 0.05) is 12.1 Å². The summed E-state index contributed by atoms with van der Waals surface area (Å²) in [5.41, 5.74) is 0. The van der Waals surface area contributed by atoms with Crippen molar-refractivity contribution in [3.05, 3.63) is 0 Å². The summed E-state index contributed by atoms with van der Waals surface area (Å²) < 4.78 is 12.2. The van der Waals surface area contributed by atoms with E-state index in [0.717, 1.165) is 0 Å². The lowest BCUT2D eigenvalue weighted by molar-refractivity contribution is 0.309. The zero-order valence-electron chi connectivity index (χ0n) is 6.73. The van der Waals surface area contributed by atoms with Gasteiger partial charge in [0.2, 0.25) is 0 Å². The van der Waals surface area contributed by atoms with Crippen molar-refractivity contribution in [3.8, 4) is 0 Å². The van der Waals surface area contributed by atoms with E-state index in [-0.39, 0.29) is 12.7 Å². The Hall–Kier alpha value is -0.110. The van der Waals surface area contributed by atoms with Gasteiger partial charge in [-0.1, -0.05) is 13.8 Å². The van der Waals surface area contributed by atoms with Crippen LogP contribution in [0.3, 0.4) is 0 Å². The van der Waals surface area contributed by atoms with Crippen LogP contribution >= 0.6 is 0 Å². The van der Waals surface area contributed by atoms with E-state index in [9.17, 15) is 4.39 Å².